The predicted octanol–water partition coefficient (Wildman–Crippen LogP) is 5.62. The van der Waals surface area contributed by atoms with Crippen LogP contribution in [0.2, 0.25) is 0 Å². The van der Waals surface area contributed by atoms with Crippen LogP contribution in [0.15, 0.2) is 48.5 Å². The first kappa shape index (κ1) is 13.2. The van der Waals surface area contributed by atoms with Crippen molar-refractivity contribution >= 4 is 21.8 Å². The summed E-state index contributed by atoms with van der Waals surface area (Å²) in [5, 5.41) is 2.76. The first-order chi connectivity index (χ1) is 9.77. The predicted molar refractivity (Wildman–Crippen MR) is 88.1 cm³/mol. The van der Waals surface area contributed by atoms with E-state index in [4.69, 9.17) is 0 Å². The van der Waals surface area contributed by atoms with Crippen LogP contribution in [0, 0.1) is 5.92 Å². The molecule has 1 heterocycles. The molecule has 20 heavy (non-hydrogen) atoms. The van der Waals surface area contributed by atoms with E-state index in [0.717, 1.165) is 12.5 Å². The molecule has 0 radical (unpaired) electrons. The molecule has 0 unspecified atom stereocenters. The molecule has 0 fully saturated rings. The zero-order valence-corrected chi connectivity index (χ0v) is 12.5. The molecule has 0 bridgehead atoms. The highest BCUT2D eigenvalue weighted by Gasteiger charge is 2.08. The monoisotopic (exact) mass is 265 g/mol. The summed E-state index contributed by atoms with van der Waals surface area (Å²) in [6.45, 7) is 5.74. The van der Waals surface area contributed by atoms with Crippen LogP contribution in [0.1, 0.15) is 33.1 Å². The Labute approximate surface area is 121 Å². The van der Waals surface area contributed by atoms with E-state index in [2.05, 4.69) is 66.9 Å². The molecule has 0 amide bonds. The van der Waals surface area contributed by atoms with E-state index in [1.165, 1.54) is 41.1 Å². The quantitative estimate of drug-likeness (QED) is 0.527. The van der Waals surface area contributed by atoms with Crippen molar-refractivity contribution in [3.63, 3.8) is 0 Å². The topological polar surface area (TPSA) is 4.93 Å². The van der Waals surface area contributed by atoms with Crippen molar-refractivity contribution in [1.82, 2.24) is 4.57 Å². The second-order valence-electron chi connectivity index (χ2n) is 6.08. The lowest BCUT2D eigenvalue weighted by Gasteiger charge is -2.08. The number of hydrogen-bond acceptors (Lipinski definition) is 0. The van der Waals surface area contributed by atoms with Crippen molar-refractivity contribution in [2.75, 3.05) is 0 Å². The summed E-state index contributed by atoms with van der Waals surface area (Å²) in [6.07, 6.45) is 3.91. The van der Waals surface area contributed by atoms with Crippen LogP contribution in [-0.2, 0) is 6.54 Å². The highest BCUT2D eigenvalue weighted by molar-refractivity contribution is 6.07. The minimum Gasteiger partial charge on any atom is -0.340 e. The van der Waals surface area contributed by atoms with Crippen molar-refractivity contribution in [3.05, 3.63) is 48.5 Å². The van der Waals surface area contributed by atoms with Gasteiger partial charge >= 0.3 is 0 Å². The van der Waals surface area contributed by atoms with Crippen LogP contribution >= 0.6 is 0 Å². The van der Waals surface area contributed by atoms with E-state index in [0.29, 0.717) is 0 Å². The van der Waals surface area contributed by atoms with Crippen LogP contribution in [0.3, 0.4) is 0 Å². The number of rotatable bonds is 5. The van der Waals surface area contributed by atoms with Gasteiger partial charge in [0.05, 0.1) is 0 Å². The number of para-hydroxylation sites is 2. The van der Waals surface area contributed by atoms with Gasteiger partial charge in [0.15, 0.2) is 0 Å². The maximum absolute atomic E-state index is 2.49. The molecule has 3 rings (SSSR count). The molecule has 1 nitrogen and oxygen atoms in total. The van der Waals surface area contributed by atoms with Crippen molar-refractivity contribution in [1.29, 1.82) is 0 Å². The Balaban J connectivity index is 1.95. The van der Waals surface area contributed by atoms with Gasteiger partial charge in [-0.15, -0.1) is 0 Å². The zero-order valence-electron chi connectivity index (χ0n) is 12.5. The maximum atomic E-state index is 2.49. The van der Waals surface area contributed by atoms with E-state index < -0.39 is 0 Å². The fourth-order valence-corrected chi connectivity index (χ4v) is 3.07. The lowest BCUT2D eigenvalue weighted by Crippen LogP contribution is -1.98. The highest BCUT2D eigenvalue weighted by atomic mass is 15.0. The minimum absolute atomic E-state index is 0.813. The van der Waals surface area contributed by atoms with E-state index in [1.807, 2.05) is 0 Å². The van der Waals surface area contributed by atoms with Gasteiger partial charge in [0.1, 0.15) is 0 Å². The molecule has 0 saturated heterocycles. The van der Waals surface area contributed by atoms with Gasteiger partial charge in [0, 0.05) is 28.4 Å². The van der Waals surface area contributed by atoms with Gasteiger partial charge in [-0.1, -0.05) is 63.1 Å². The van der Waals surface area contributed by atoms with E-state index >= 15 is 0 Å². The van der Waals surface area contributed by atoms with Gasteiger partial charge in [-0.2, -0.15) is 0 Å². The van der Waals surface area contributed by atoms with E-state index in [9.17, 15) is 0 Å². The number of unbranched alkanes of at least 4 members (excludes halogenated alkanes) is 1. The van der Waals surface area contributed by atoms with Gasteiger partial charge in [0.2, 0.25) is 0 Å². The molecule has 0 saturated carbocycles. The number of hydrogen-bond donors (Lipinski definition) is 0. The van der Waals surface area contributed by atoms with Gasteiger partial charge in [-0.25, -0.2) is 0 Å². The average molecular weight is 265 g/mol. The van der Waals surface area contributed by atoms with Crippen molar-refractivity contribution in [2.45, 2.75) is 39.7 Å². The third-order valence-electron chi connectivity index (χ3n) is 4.09. The summed E-state index contributed by atoms with van der Waals surface area (Å²) < 4.78 is 2.49. The SMILES string of the molecule is CC(C)CCCCn1c2ccccc2c2ccccc21. The second kappa shape index (κ2) is 5.70. The van der Waals surface area contributed by atoms with Crippen LogP contribution in [0.5, 0.6) is 0 Å². The molecule has 0 aliphatic rings. The molecule has 0 atom stereocenters. The minimum atomic E-state index is 0.813. The summed E-state index contributed by atoms with van der Waals surface area (Å²) in [6, 6.07) is 17.5. The molecule has 0 spiro atoms. The maximum Gasteiger partial charge on any atom is 0.0491 e. The van der Waals surface area contributed by atoms with Gasteiger partial charge in [-0.05, 0) is 24.5 Å². The Bertz CT molecular complexity index is 653. The number of nitrogens with zero attached hydrogens (tertiary/aromatic N) is 1. The normalized spacial score (nSPS) is 11.8. The Morgan fingerprint density at radius 2 is 1.35 bits per heavy atom. The third-order valence-corrected chi connectivity index (χ3v) is 4.09. The number of fused-ring (bicyclic) bond motifs is 3. The molecule has 0 aliphatic carbocycles. The lowest BCUT2D eigenvalue weighted by atomic mass is 10.1. The zero-order chi connectivity index (χ0) is 13.9. The summed E-state index contributed by atoms with van der Waals surface area (Å²) in [5.74, 6) is 0.813. The van der Waals surface area contributed by atoms with Gasteiger partial charge in [0.25, 0.3) is 0 Å². The molecule has 3 aromatic rings. The number of aryl methyl sites for hydroxylation is 1. The highest BCUT2D eigenvalue weighted by Crippen LogP contribution is 2.29. The Morgan fingerprint density at radius 3 is 1.90 bits per heavy atom. The number of aromatic nitrogens is 1. The molecule has 1 aromatic heterocycles. The van der Waals surface area contributed by atoms with Crippen LogP contribution in [0.4, 0.5) is 0 Å². The van der Waals surface area contributed by atoms with Crippen LogP contribution < -0.4 is 0 Å². The Hall–Kier alpha value is -1.76. The van der Waals surface area contributed by atoms with Crippen molar-refractivity contribution < 1.29 is 0 Å². The van der Waals surface area contributed by atoms with Crippen LogP contribution in [0.25, 0.3) is 21.8 Å². The second-order valence-corrected chi connectivity index (χ2v) is 6.08. The first-order valence-electron chi connectivity index (χ1n) is 7.73. The van der Waals surface area contributed by atoms with E-state index in [1.54, 1.807) is 0 Å². The summed E-state index contributed by atoms with van der Waals surface area (Å²) >= 11 is 0. The first-order valence-corrected chi connectivity index (χ1v) is 7.73. The Kier molecular flexibility index (Phi) is 3.77. The molecule has 104 valence electrons. The van der Waals surface area contributed by atoms with E-state index in [-0.39, 0.29) is 0 Å². The molecule has 2 aromatic carbocycles. The average Bonchev–Trinajstić information content (AvgIpc) is 2.78. The number of benzene rings is 2. The molecule has 0 N–H and O–H groups in total. The largest absolute Gasteiger partial charge is 0.340 e. The third kappa shape index (κ3) is 2.45. The molecular weight excluding hydrogens is 242 g/mol. The van der Waals surface area contributed by atoms with Gasteiger partial charge < -0.3 is 4.57 Å². The summed E-state index contributed by atoms with van der Waals surface area (Å²) in [4.78, 5) is 0. The summed E-state index contributed by atoms with van der Waals surface area (Å²) in [5.41, 5.74) is 2.75. The fraction of sp³-hybridized carbons (Fsp3) is 0.368. The molecular formula is C19H23N. The standard InChI is InChI=1S/C19H23N/c1-15(2)9-7-8-14-20-18-12-5-3-10-16(18)17-11-4-6-13-19(17)20/h3-6,10-13,15H,7-9,14H2,1-2H3. The molecule has 1 heteroatoms. The fourth-order valence-electron chi connectivity index (χ4n) is 3.07. The van der Waals surface area contributed by atoms with Crippen molar-refractivity contribution in [2.24, 2.45) is 5.92 Å². The van der Waals surface area contributed by atoms with Crippen molar-refractivity contribution in [3.8, 4) is 0 Å². The molecule has 0 aliphatic heterocycles. The van der Waals surface area contributed by atoms with Crippen LogP contribution in [-0.4, -0.2) is 4.57 Å². The lowest BCUT2D eigenvalue weighted by molar-refractivity contribution is 0.516. The van der Waals surface area contributed by atoms with Gasteiger partial charge in [-0.3, -0.25) is 0 Å². The summed E-state index contributed by atoms with van der Waals surface area (Å²) in [7, 11) is 0. The smallest absolute Gasteiger partial charge is 0.0491 e. The Morgan fingerprint density at radius 1 is 0.800 bits per heavy atom.